The second-order valence-electron chi connectivity index (χ2n) is 2.51. The maximum atomic E-state index is 5.91. The van der Waals surface area contributed by atoms with Gasteiger partial charge in [0.05, 0.1) is 0 Å². The molecule has 0 aliphatic carbocycles. The van der Waals surface area contributed by atoms with Crippen LogP contribution in [0.1, 0.15) is 11.6 Å². The van der Waals surface area contributed by atoms with Crippen molar-refractivity contribution in [3.05, 3.63) is 33.3 Å². The van der Waals surface area contributed by atoms with Crippen LogP contribution in [0.5, 0.6) is 0 Å². The van der Waals surface area contributed by atoms with Crippen molar-refractivity contribution in [2.75, 3.05) is 6.54 Å². The van der Waals surface area contributed by atoms with Crippen LogP contribution in [0.2, 0.25) is 5.02 Å². The van der Waals surface area contributed by atoms with E-state index in [2.05, 4.69) is 15.9 Å². The fraction of sp³-hybridized carbons (Fsp3) is 0.250. The van der Waals surface area contributed by atoms with Gasteiger partial charge in [-0.25, -0.2) is 0 Å². The van der Waals surface area contributed by atoms with Crippen LogP contribution in [0.25, 0.3) is 0 Å². The molecule has 1 aromatic carbocycles. The van der Waals surface area contributed by atoms with Crippen molar-refractivity contribution in [2.45, 2.75) is 6.04 Å². The number of benzene rings is 1. The SMILES string of the molecule is Cl.NC[C@H](N)c1cc(Br)ccc1Cl. The maximum Gasteiger partial charge on any atom is 0.0455 e. The first kappa shape index (κ1) is 13.2. The lowest BCUT2D eigenvalue weighted by atomic mass is 10.1. The molecule has 0 saturated heterocycles. The third-order valence-electron chi connectivity index (χ3n) is 1.61. The first-order chi connectivity index (χ1) is 5.65. The Kier molecular flexibility index (Phi) is 5.92. The molecule has 5 heteroatoms. The zero-order valence-electron chi connectivity index (χ0n) is 6.84. The minimum atomic E-state index is -0.185. The molecule has 74 valence electrons. The second-order valence-corrected chi connectivity index (χ2v) is 3.83. The van der Waals surface area contributed by atoms with E-state index in [9.17, 15) is 0 Å². The van der Waals surface area contributed by atoms with Gasteiger partial charge in [-0.1, -0.05) is 27.5 Å². The van der Waals surface area contributed by atoms with Crippen molar-refractivity contribution in [3.63, 3.8) is 0 Å². The summed E-state index contributed by atoms with van der Waals surface area (Å²) in [5.41, 5.74) is 12.0. The summed E-state index contributed by atoms with van der Waals surface area (Å²) in [6.45, 7) is 0.399. The van der Waals surface area contributed by atoms with E-state index in [0.717, 1.165) is 10.0 Å². The van der Waals surface area contributed by atoms with Gasteiger partial charge in [-0.2, -0.15) is 0 Å². The number of rotatable bonds is 2. The largest absolute Gasteiger partial charge is 0.329 e. The molecule has 2 nitrogen and oxygen atoms in total. The quantitative estimate of drug-likeness (QED) is 0.877. The van der Waals surface area contributed by atoms with Crippen molar-refractivity contribution in [1.82, 2.24) is 0 Å². The second kappa shape index (κ2) is 5.83. The molecule has 13 heavy (non-hydrogen) atoms. The molecule has 0 heterocycles. The summed E-state index contributed by atoms with van der Waals surface area (Å²) in [5, 5.41) is 0.663. The Labute approximate surface area is 97.2 Å². The molecule has 4 N–H and O–H groups in total. The van der Waals surface area contributed by atoms with Gasteiger partial charge in [-0.15, -0.1) is 12.4 Å². The Hall–Kier alpha value is 0.200. The van der Waals surface area contributed by atoms with Crippen LogP contribution in [0, 0.1) is 0 Å². The van der Waals surface area contributed by atoms with Gasteiger partial charge in [-0.05, 0) is 23.8 Å². The Morgan fingerprint density at radius 3 is 2.62 bits per heavy atom. The monoisotopic (exact) mass is 284 g/mol. The molecule has 0 aliphatic heterocycles. The molecule has 1 aromatic rings. The summed E-state index contributed by atoms with van der Waals surface area (Å²) < 4.78 is 0.964. The van der Waals surface area contributed by atoms with Gasteiger partial charge in [0.1, 0.15) is 0 Å². The molecule has 0 spiro atoms. The standard InChI is InChI=1S/C8H10BrClN2.ClH/c9-5-1-2-7(10)6(3-5)8(12)4-11;/h1-3,8H,4,11-12H2;1H/t8-;/m0./s1. The van der Waals surface area contributed by atoms with E-state index in [0.29, 0.717) is 11.6 Å². The van der Waals surface area contributed by atoms with E-state index < -0.39 is 0 Å². The molecular formula is C8H11BrCl2N2. The van der Waals surface area contributed by atoms with Crippen LogP contribution < -0.4 is 11.5 Å². The maximum absolute atomic E-state index is 5.91. The summed E-state index contributed by atoms with van der Waals surface area (Å²) in [5.74, 6) is 0. The molecule has 0 radical (unpaired) electrons. The fourth-order valence-electron chi connectivity index (χ4n) is 0.926. The Morgan fingerprint density at radius 1 is 1.46 bits per heavy atom. The van der Waals surface area contributed by atoms with Crippen LogP contribution in [-0.4, -0.2) is 6.54 Å². The minimum absolute atomic E-state index is 0. The summed E-state index contributed by atoms with van der Waals surface area (Å²) in [4.78, 5) is 0. The molecule has 0 amide bonds. The highest BCUT2D eigenvalue weighted by Crippen LogP contribution is 2.24. The van der Waals surface area contributed by atoms with Crippen molar-refractivity contribution in [1.29, 1.82) is 0 Å². The van der Waals surface area contributed by atoms with Gasteiger partial charge in [-0.3, -0.25) is 0 Å². The Balaban J connectivity index is 0.00000144. The zero-order chi connectivity index (χ0) is 9.14. The first-order valence-electron chi connectivity index (χ1n) is 3.55. The average Bonchev–Trinajstić information content (AvgIpc) is 2.08. The zero-order valence-corrected chi connectivity index (χ0v) is 9.99. The molecule has 0 saturated carbocycles. The molecule has 0 fully saturated rings. The topological polar surface area (TPSA) is 52.0 Å². The fourth-order valence-corrected chi connectivity index (χ4v) is 1.56. The highest BCUT2D eigenvalue weighted by Gasteiger charge is 2.07. The van der Waals surface area contributed by atoms with Crippen molar-refractivity contribution < 1.29 is 0 Å². The van der Waals surface area contributed by atoms with E-state index >= 15 is 0 Å². The predicted octanol–water partition coefficient (Wildman–Crippen LogP) is 2.48. The van der Waals surface area contributed by atoms with E-state index in [4.69, 9.17) is 23.1 Å². The van der Waals surface area contributed by atoms with Crippen LogP contribution in [-0.2, 0) is 0 Å². The van der Waals surface area contributed by atoms with Crippen molar-refractivity contribution >= 4 is 39.9 Å². The van der Waals surface area contributed by atoms with Crippen LogP contribution in [0.3, 0.4) is 0 Å². The third kappa shape index (κ3) is 3.44. The lowest BCUT2D eigenvalue weighted by Crippen LogP contribution is -2.21. The summed E-state index contributed by atoms with van der Waals surface area (Å²) >= 11 is 9.25. The highest BCUT2D eigenvalue weighted by atomic mass is 79.9. The number of nitrogens with two attached hydrogens (primary N) is 2. The van der Waals surface area contributed by atoms with E-state index in [1.807, 2.05) is 12.1 Å². The third-order valence-corrected chi connectivity index (χ3v) is 2.45. The van der Waals surface area contributed by atoms with Gasteiger partial charge < -0.3 is 11.5 Å². The Bertz CT molecular complexity index is 281. The smallest absolute Gasteiger partial charge is 0.0455 e. The van der Waals surface area contributed by atoms with Crippen LogP contribution in [0.4, 0.5) is 0 Å². The van der Waals surface area contributed by atoms with Crippen molar-refractivity contribution in [3.8, 4) is 0 Å². The molecule has 0 aliphatic rings. The number of hydrogen-bond donors (Lipinski definition) is 2. The molecule has 1 rings (SSSR count). The molecule has 0 aromatic heterocycles. The predicted molar refractivity (Wildman–Crippen MR) is 62.4 cm³/mol. The lowest BCUT2D eigenvalue weighted by molar-refractivity contribution is 0.737. The summed E-state index contributed by atoms with van der Waals surface area (Å²) in [6.07, 6.45) is 0. The van der Waals surface area contributed by atoms with E-state index in [1.54, 1.807) is 6.07 Å². The van der Waals surface area contributed by atoms with E-state index in [1.165, 1.54) is 0 Å². The highest BCUT2D eigenvalue weighted by molar-refractivity contribution is 9.10. The van der Waals surface area contributed by atoms with Crippen molar-refractivity contribution in [2.24, 2.45) is 11.5 Å². The number of hydrogen-bond acceptors (Lipinski definition) is 2. The van der Waals surface area contributed by atoms with Gasteiger partial charge in [0.2, 0.25) is 0 Å². The average molecular weight is 286 g/mol. The Morgan fingerprint density at radius 2 is 2.08 bits per heavy atom. The van der Waals surface area contributed by atoms with Gasteiger partial charge in [0.25, 0.3) is 0 Å². The molecule has 0 unspecified atom stereocenters. The number of halogens is 3. The minimum Gasteiger partial charge on any atom is -0.329 e. The van der Waals surface area contributed by atoms with Crippen LogP contribution in [0.15, 0.2) is 22.7 Å². The van der Waals surface area contributed by atoms with Gasteiger partial charge in [0, 0.05) is 22.1 Å². The van der Waals surface area contributed by atoms with Gasteiger partial charge >= 0.3 is 0 Å². The molecule has 0 bridgehead atoms. The summed E-state index contributed by atoms with van der Waals surface area (Å²) in [7, 11) is 0. The molecular weight excluding hydrogens is 275 g/mol. The summed E-state index contributed by atoms with van der Waals surface area (Å²) in [6, 6.07) is 5.38. The normalized spacial score (nSPS) is 12.0. The molecule has 1 atom stereocenters. The van der Waals surface area contributed by atoms with Crippen LogP contribution >= 0.6 is 39.9 Å². The lowest BCUT2D eigenvalue weighted by Gasteiger charge is -2.11. The van der Waals surface area contributed by atoms with E-state index in [-0.39, 0.29) is 18.4 Å². The first-order valence-corrected chi connectivity index (χ1v) is 4.73. The van der Waals surface area contributed by atoms with Gasteiger partial charge in [0.15, 0.2) is 0 Å².